The molecule has 0 atom stereocenters. The van der Waals surface area contributed by atoms with Crippen LogP contribution in [0.3, 0.4) is 0 Å². The molecular weight excluding hydrogens is 276 g/mol. The Kier molecular flexibility index (Phi) is 3.44. The normalized spacial score (nSPS) is 11.5. The van der Waals surface area contributed by atoms with Gasteiger partial charge in [0.1, 0.15) is 0 Å². The van der Waals surface area contributed by atoms with E-state index in [4.69, 9.17) is 0 Å². The first-order valence-corrected chi connectivity index (χ1v) is 7.97. The second kappa shape index (κ2) is 5.73. The summed E-state index contributed by atoms with van der Waals surface area (Å²) in [6.07, 6.45) is 4.43. The first-order chi connectivity index (χ1) is 11.3. The Morgan fingerprint density at radius 2 is 1.30 bits per heavy atom. The minimum atomic E-state index is 1.23. The van der Waals surface area contributed by atoms with E-state index < -0.39 is 0 Å². The van der Waals surface area contributed by atoms with Crippen molar-refractivity contribution in [3.63, 3.8) is 0 Å². The van der Waals surface area contributed by atoms with Crippen LogP contribution in [-0.4, -0.2) is 0 Å². The van der Waals surface area contributed by atoms with Gasteiger partial charge in [0.25, 0.3) is 0 Å². The largest absolute Gasteiger partial charge is 0.0622 e. The van der Waals surface area contributed by atoms with E-state index in [2.05, 4.69) is 91.9 Å². The van der Waals surface area contributed by atoms with Gasteiger partial charge in [-0.3, -0.25) is 0 Å². The predicted molar refractivity (Wildman–Crippen MR) is 102 cm³/mol. The van der Waals surface area contributed by atoms with E-state index in [9.17, 15) is 0 Å². The van der Waals surface area contributed by atoms with Gasteiger partial charge in [-0.2, -0.15) is 0 Å². The molecule has 0 unspecified atom stereocenters. The SMILES string of the molecule is Cc1ccc2c(ccc3ccccc32)c1/C=C\c1ccccc1. The molecule has 0 bridgehead atoms. The maximum atomic E-state index is 2.25. The smallest absolute Gasteiger partial charge is 0.00992 e. The lowest BCUT2D eigenvalue weighted by Gasteiger charge is -2.09. The molecule has 0 amide bonds. The standard InChI is InChI=1S/C23H18/c1-17-11-14-23-21-10-6-5-9-19(21)13-16-22(23)20(17)15-12-18-7-3-2-4-8-18/h2-16H,1H3/b15-12-. The predicted octanol–water partition coefficient (Wildman–Crippen LogP) is 6.47. The maximum Gasteiger partial charge on any atom is -0.00992 e. The zero-order valence-corrected chi connectivity index (χ0v) is 13.2. The number of rotatable bonds is 2. The van der Waals surface area contributed by atoms with Gasteiger partial charge in [-0.05, 0) is 45.2 Å². The molecule has 0 N–H and O–H groups in total. The van der Waals surface area contributed by atoms with Gasteiger partial charge in [0.2, 0.25) is 0 Å². The van der Waals surface area contributed by atoms with Crippen LogP contribution in [0, 0.1) is 6.92 Å². The number of benzene rings is 4. The molecule has 23 heavy (non-hydrogen) atoms. The summed E-state index contributed by atoms with van der Waals surface area (Å²) in [5, 5.41) is 5.25. The van der Waals surface area contributed by atoms with Crippen LogP contribution < -0.4 is 0 Å². The van der Waals surface area contributed by atoms with E-state index in [1.807, 2.05) is 6.07 Å². The Balaban J connectivity index is 1.93. The third-order valence-corrected chi connectivity index (χ3v) is 4.43. The lowest BCUT2D eigenvalue weighted by atomic mass is 9.95. The molecule has 0 aliphatic carbocycles. The van der Waals surface area contributed by atoms with Gasteiger partial charge >= 0.3 is 0 Å². The molecule has 0 heteroatoms. The summed E-state index contributed by atoms with van der Waals surface area (Å²) >= 11 is 0. The summed E-state index contributed by atoms with van der Waals surface area (Å²) in [6.45, 7) is 2.18. The van der Waals surface area contributed by atoms with Crippen LogP contribution in [0.15, 0.2) is 78.9 Å². The summed E-state index contributed by atoms with van der Waals surface area (Å²) in [5.41, 5.74) is 3.83. The second-order valence-corrected chi connectivity index (χ2v) is 5.92. The van der Waals surface area contributed by atoms with E-state index in [-0.39, 0.29) is 0 Å². The van der Waals surface area contributed by atoms with Crippen molar-refractivity contribution in [2.75, 3.05) is 0 Å². The minimum absolute atomic E-state index is 1.23. The van der Waals surface area contributed by atoms with E-state index in [1.165, 1.54) is 38.2 Å². The van der Waals surface area contributed by atoms with E-state index in [0.717, 1.165) is 0 Å². The molecule has 0 aliphatic heterocycles. The molecular formula is C23H18. The highest BCUT2D eigenvalue weighted by molar-refractivity contribution is 6.10. The highest BCUT2D eigenvalue weighted by Gasteiger charge is 2.05. The molecule has 4 aromatic carbocycles. The molecule has 110 valence electrons. The van der Waals surface area contributed by atoms with Crippen molar-refractivity contribution >= 4 is 33.7 Å². The van der Waals surface area contributed by atoms with Crippen LogP contribution in [0.25, 0.3) is 33.7 Å². The van der Waals surface area contributed by atoms with E-state index in [1.54, 1.807) is 0 Å². The molecule has 0 heterocycles. The Hall–Kier alpha value is -2.86. The number of aryl methyl sites for hydroxylation is 1. The highest BCUT2D eigenvalue weighted by Crippen LogP contribution is 2.30. The van der Waals surface area contributed by atoms with Crippen LogP contribution in [0.5, 0.6) is 0 Å². The molecule has 0 saturated heterocycles. The molecule has 0 saturated carbocycles. The zero-order chi connectivity index (χ0) is 15.6. The zero-order valence-electron chi connectivity index (χ0n) is 13.2. The van der Waals surface area contributed by atoms with E-state index in [0.29, 0.717) is 0 Å². The Morgan fingerprint density at radius 3 is 2.17 bits per heavy atom. The number of fused-ring (bicyclic) bond motifs is 3. The molecule has 0 nitrogen and oxygen atoms in total. The van der Waals surface area contributed by atoms with Crippen LogP contribution in [0.2, 0.25) is 0 Å². The summed E-state index contributed by atoms with van der Waals surface area (Å²) in [4.78, 5) is 0. The molecule has 0 fully saturated rings. The lowest BCUT2D eigenvalue weighted by molar-refractivity contribution is 1.48. The van der Waals surface area contributed by atoms with Crippen LogP contribution in [-0.2, 0) is 0 Å². The van der Waals surface area contributed by atoms with Crippen molar-refractivity contribution in [3.8, 4) is 0 Å². The van der Waals surface area contributed by atoms with E-state index >= 15 is 0 Å². The van der Waals surface area contributed by atoms with Gasteiger partial charge < -0.3 is 0 Å². The van der Waals surface area contributed by atoms with Crippen molar-refractivity contribution in [2.45, 2.75) is 6.92 Å². The first-order valence-electron chi connectivity index (χ1n) is 7.97. The topological polar surface area (TPSA) is 0 Å². The number of hydrogen-bond acceptors (Lipinski definition) is 0. The third-order valence-electron chi connectivity index (χ3n) is 4.43. The summed E-state index contributed by atoms with van der Waals surface area (Å²) < 4.78 is 0. The monoisotopic (exact) mass is 294 g/mol. The lowest BCUT2D eigenvalue weighted by Crippen LogP contribution is -1.86. The summed E-state index contributed by atoms with van der Waals surface area (Å²) in [5.74, 6) is 0. The quantitative estimate of drug-likeness (QED) is 0.293. The van der Waals surface area contributed by atoms with Gasteiger partial charge in [0, 0.05) is 0 Å². The van der Waals surface area contributed by atoms with Gasteiger partial charge in [-0.1, -0.05) is 91.0 Å². The average molecular weight is 294 g/mol. The Labute approximate surface area is 136 Å². The van der Waals surface area contributed by atoms with Crippen molar-refractivity contribution in [3.05, 3.63) is 95.6 Å². The van der Waals surface area contributed by atoms with Gasteiger partial charge in [0.05, 0.1) is 0 Å². The summed E-state index contributed by atoms with van der Waals surface area (Å²) in [6, 6.07) is 28.0. The summed E-state index contributed by atoms with van der Waals surface area (Å²) in [7, 11) is 0. The molecule has 0 spiro atoms. The molecule has 0 radical (unpaired) electrons. The fourth-order valence-corrected chi connectivity index (χ4v) is 3.19. The van der Waals surface area contributed by atoms with Crippen molar-refractivity contribution in [1.29, 1.82) is 0 Å². The van der Waals surface area contributed by atoms with Gasteiger partial charge in [-0.25, -0.2) is 0 Å². The first kappa shape index (κ1) is 13.8. The Bertz CT molecular complexity index is 1010. The molecule has 0 aromatic heterocycles. The van der Waals surface area contributed by atoms with Crippen molar-refractivity contribution < 1.29 is 0 Å². The van der Waals surface area contributed by atoms with Gasteiger partial charge in [-0.15, -0.1) is 0 Å². The van der Waals surface area contributed by atoms with Crippen LogP contribution in [0.4, 0.5) is 0 Å². The van der Waals surface area contributed by atoms with Crippen LogP contribution >= 0.6 is 0 Å². The molecule has 4 rings (SSSR count). The third kappa shape index (κ3) is 2.53. The molecule has 0 aliphatic rings. The average Bonchev–Trinajstić information content (AvgIpc) is 2.61. The van der Waals surface area contributed by atoms with Crippen molar-refractivity contribution in [2.24, 2.45) is 0 Å². The fraction of sp³-hybridized carbons (Fsp3) is 0.0435. The highest BCUT2D eigenvalue weighted by atomic mass is 14.1. The fourth-order valence-electron chi connectivity index (χ4n) is 3.19. The number of hydrogen-bond donors (Lipinski definition) is 0. The van der Waals surface area contributed by atoms with Crippen molar-refractivity contribution in [1.82, 2.24) is 0 Å². The van der Waals surface area contributed by atoms with Crippen LogP contribution in [0.1, 0.15) is 16.7 Å². The Morgan fingerprint density at radius 1 is 0.565 bits per heavy atom. The minimum Gasteiger partial charge on any atom is -0.0622 e. The second-order valence-electron chi connectivity index (χ2n) is 5.92. The van der Waals surface area contributed by atoms with Gasteiger partial charge in [0.15, 0.2) is 0 Å². The molecule has 4 aromatic rings. The maximum absolute atomic E-state index is 2.25.